The molecule has 0 radical (unpaired) electrons. The number of aryl methyl sites for hydroxylation is 1. The molecule has 2 aromatic carbocycles. The van der Waals surface area contributed by atoms with Gasteiger partial charge >= 0.3 is 0 Å². The zero-order valence-electron chi connectivity index (χ0n) is 16.8. The standard InChI is InChI=1S/C24H18N6O/c1-14-21-22(18(11-26)23(27)31-24(21)29-28-14)19-13-30(20-5-3-2-4-17(19)20)12-16-8-6-15(10-25)7-9-16/h2-9,13,22H,12,27H2,1H3,(H,28,29). The van der Waals surface area contributed by atoms with Gasteiger partial charge < -0.3 is 15.0 Å². The van der Waals surface area contributed by atoms with Gasteiger partial charge in [-0.2, -0.15) is 10.5 Å². The van der Waals surface area contributed by atoms with Crippen LogP contribution in [0.25, 0.3) is 10.9 Å². The Labute approximate surface area is 178 Å². The monoisotopic (exact) mass is 406 g/mol. The number of hydrogen-bond acceptors (Lipinski definition) is 5. The Morgan fingerprint density at radius 1 is 1.13 bits per heavy atom. The number of nitrogens with one attached hydrogen (secondary N) is 1. The van der Waals surface area contributed by atoms with Gasteiger partial charge in [-0.1, -0.05) is 30.3 Å². The molecule has 0 spiro atoms. The van der Waals surface area contributed by atoms with Crippen molar-refractivity contribution in [1.29, 1.82) is 10.5 Å². The molecular formula is C24H18N6O. The molecule has 0 fully saturated rings. The highest BCUT2D eigenvalue weighted by Gasteiger charge is 2.35. The molecule has 150 valence electrons. The highest BCUT2D eigenvalue weighted by atomic mass is 16.5. The molecular weight excluding hydrogens is 388 g/mol. The Morgan fingerprint density at radius 3 is 2.65 bits per heavy atom. The molecule has 7 heteroatoms. The summed E-state index contributed by atoms with van der Waals surface area (Å²) in [7, 11) is 0. The molecule has 7 nitrogen and oxygen atoms in total. The van der Waals surface area contributed by atoms with E-state index in [0.717, 1.165) is 33.3 Å². The van der Waals surface area contributed by atoms with Gasteiger partial charge in [0.1, 0.15) is 11.6 Å². The van der Waals surface area contributed by atoms with E-state index in [1.807, 2.05) is 43.3 Å². The summed E-state index contributed by atoms with van der Waals surface area (Å²) in [5.74, 6) is 0.109. The van der Waals surface area contributed by atoms with E-state index in [9.17, 15) is 5.26 Å². The maximum Gasteiger partial charge on any atom is 0.244 e. The number of benzene rings is 2. The normalized spacial score (nSPS) is 15.3. The number of nitrogens with zero attached hydrogens (tertiary/aromatic N) is 4. The number of H-pyrrole nitrogens is 1. The molecule has 0 saturated heterocycles. The second kappa shape index (κ2) is 7.08. The van der Waals surface area contributed by atoms with Gasteiger partial charge in [0.05, 0.1) is 17.6 Å². The summed E-state index contributed by atoms with van der Waals surface area (Å²) < 4.78 is 7.76. The van der Waals surface area contributed by atoms with Crippen molar-refractivity contribution in [2.24, 2.45) is 5.73 Å². The molecule has 1 atom stereocenters. The van der Waals surface area contributed by atoms with Crippen LogP contribution in [0.2, 0.25) is 0 Å². The van der Waals surface area contributed by atoms with E-state index in [1.165, 1.54) is 0 Å². The average molecular weight is 406 g/mol. The van der Waals surface area contributed by atoms with Gasteiger partial charge in [-0.05, 0) is 36.2 Å². The second-order valence-corrected chi connectivity index (χ2v) is 7.53. The fourth-order valence-electron chi connectivity index (χ4n) is 4.23. The first-order valence-corrected chi connectivity index (χ1v) is 9.80. The number of nitriles is 2. The predicted octanol–water partition coefficient (Wildman–Crippen LogP) is 3.81. The SMILES string of the molecule is Cc1[nH]nc2c1C(c1cn(Cc3ccc(C#N)cc3)c3ccccc13)C(C#N)=C(N)O2. The zero-order valence-corrected chi connectivity index (χ0v) is 16.8. The smallest absolute Gasteiger partial charge is 0.244 e. The summed E-state index contributed by atoms with van der Waals surface area (Å²) in [6.07, 6.45) is 2.07. The highest BCUT2D eigenvalue weighted by molar-refractivity contribution is 5.86. The number of allylic oxidation sites excluding steroid dienone is 1. The van der Waals surface area contributed by atoms with E-state index in [-0.39, 0.29) is 11.8 Å². The summed E-state index contributed by atoms with van der Waals surface area (Å²) in [6.45, 7) is 2.54. The number of ether oxygens (including phenoxy) is 1. The van der Waals surface area contributed by atoms with Gasteiger partial charge in [-0.25, -0.2) is 0 Å². The number of nitrogens with two attached hydrogens (primary N) is 1. The van der Waals surface area contributed by atoms with Crippen LogP contribution in [0.15, 0.2) is 66.2 Å². The third-order valence-electron chi connectivity index (χ3n) is 5.70. The van der Waals surface area contributed by atoms with Gasteiger partial charge in [-0.3, -0.25) is 5.10 Å². The van der Waals surface area contributed by atoms with Crippen LogP contribution in [0.5, 0.6) is 5.88 Å². The van der Waals surface area contributed by atoms with Crippen LogP contribution < -0.4 is 10.5 Å². The number of rotatable bonds is 3. The first-order valence-electron chi connectivity index (χ1n) is 9.80. The molecule has 1 aliphatic heterocycles. The molecule has 3 heterocycles. The van der Waals surface area contributed by atoms with Crippen molar-refractivity contribution in [1.82, 2.24) is 14.8 Å². The van der Waals surface area contributed by atoms with Crippen LogP contribution >= 0.6 is 0 Å². The third kappa shape index (κ3) is 2.92. The Morgan fingerprint density at radius 2 is 1.90 bits per heavy atom. The number of aromatic nitrogens is 3. The molecule has 1 unspecified atom stereocenters. The second-order valence-electron chi connectivity index (χ2n) is 7.53. The molecule has 0 bridgehead atoms. The van der Waals surface area contributed by atoms with Crippen molar-refractivity contribution in [3.05, 3.63) is 94.1 Å². The summed E-state index contributed by atoms with van der Waals surface area (Å²) >= 11 is 0. The lowest BCUT2D eigenvalue weighted by Gasteiger charge is -2.23. The van der Waals surface area contributed by atoms with E-state index in [4.69, 9.17) is 15.7 Å². The summed E-state index contributed by atoms with van der Waals surface area (Å²) in [5, 5.41) is 27.1. The largest absolute Gasteiger partial charge is 0.420 e. The third-order valence-corrected chi connectivity index (χ3v) is 5.70. The molecule has 3 N–H and O–H groups in total. The van der Waals surface area contributed by atoms with Gasteiger partial charge in [0.15, 0.2) is 0 Å². The van der Waals surface area contributed by atoms with Crippen LogP contribution in [-0.4, -0.2) is 14.8 Å². The molecule has 0 aliphatic carbocycles. The lowest BCUT2D eigenvalue weighted by atomic mass is 9.84. The molecule has 0 amide bonds. The maximum absolute atomic E-state index is 9.88. The topological polar surface area (TPSA) is 116 Å². The Balaban J connectivity index is 1.68. The number of para-hydroxylation sites is 1. The van der Waals surface area contributed by atoms with Gasteiger partial charge in [0.25, 0.3) is 0 Å². The van der Waals surface area contributed by atoms with E-state index < -0.39 is 0 Å². The van der Waals surface area contributed by atoms with E-state index >= 15 is 0 Å². The fourth-order valence-corrected chi connectivity index (χ4v) is 4.23. The highest BCUT2D eigenvalue weighted by Crippen LogP contribution is 2.45. The molecule has 31 heavy (non-hydrogen) atoms. The minimum absolute atomic E-state index is 0.0791. The van der Waals surface area contributed by atoms with Crippen LogP contribution in [-0.2, 0) is 6.54 Å². The van der Waals surface area contributed by atoms with Crippen LogP contribution in [0.3, 0.4) is 0 Å². The van der Waals surface area contributed by atoms with Crippen molar-refractivity contribution < 1.29 is 4.74 Å². The quantitative estimate of drug-likeness (QED) is 0.537. The van der Waals surface area contributed by atoms with Crippen molar-refractivity contribution in [2.75, 3.05) is 0 Å². The molecule has 2 aromatic heterocycles. The summed E-state index contributed by atoms with van der Waals surface area (Å²) in [4.78, 5) is 0. The van der Waals surface area contributed by atoms with Crippen molar-refractivity contribution >= 4 is 10.9 Å². The average Bonchev–Trinajstić information content (AvgIpc) is 3.34. The fraction of sp³-hybridized carbons (Fsp3) is 0.125. The lowest BCUT2D eigenvalue weighted by molar-refractivity contribution is 0.379. The van der Waals surface area contributed by atoms with Crippen LogP contribution in [0, 0.1) is 29.6 Å². The summed E-state index contributed by atoms with van der Waals surface area (Å²) in [6, 6.07) is 20.0. The molecule has 4 aromatic rings. The molecule has 0 saturated carbocycles. The Bertz CT molecular complexity index is 1430. The minimum atomic E-state index is -0.375. The molecule has 1 aliphatic rings. The van der Waals surface area contributed by atoms with Crippen LogP contribution in [0.4, 0.5) is 0 Å². The van der Waals surface area contributed by atoms with E-state index in [2.05, 4.69) is 45.2 Å². The molecule has 5 rings (SSSR count). The van der Waals surface area contributed by atoms with Crippen molar-refractivity contribution in [2.45, 2.75) is 19.4 Å². The van der Waals surface area contributed by atoms with Crippen molar-refractivity contribution in [3.8, 4) is 18.0 Å². The maximum atomic E-state index is 9.88. The number of fused-ring (bicyclic) bond motifs is 2. The zero-order chi connectivity index (χ0) is 21.5. The number of hydrogen-bond donors (Lipinski definition) is 2. The summed E-state index contributed by atoms with van der Waals surface area (Å²) in [5.41, 5.74) is 11.9. The first-order chi connectivity index (χ1) is 15.1. The minimum Gasteiger partial charge on any atom is -0.420 e. The van der Waals surface area contributed by atoms with Gasteiger partial charge in [0.2, 0.25) is 11.8 Å². The van der Waals surface area contributed by atoms with E-state index in [1.54, 1.807) is 0 Å². The Kier molecular flexibility index (Phi) is 4.24. The van der Waals surface area contributed by atoms with Gasteiger partial charge in [-0.15, -0.1) is 5.10 Å². The lowest BCUT2D eigenvalue weighted by Crippen LogP contribution is -2.21. The number of aromatic amines is 1. The van der Waals surface area contributed by atoms with Gasteiger partial charge in [0, 0.05) is 34.9 Å². The Hall–Kier alpha value is -4.49. The van der Waals surface area contributed by atoms with Crippen LogP contribution in [0.1, 0.15) is 33.9 Å². The first kappa shape index (κ1) is 18.5. The van der Waals surface area contributed by atoms with E-state index in [0.29, 0.717) is 23.6 Å². The van der Waals surface area contributed by atoms with Crippen molar-refractivity contribution in [3.63, 3.8) is 0 Å². The predicted molar refractivity (Wildman–Crippen MR) is 115 cm³/mol.